The Morgan fingerprint density at radius 2 is 2.47 bits per heavy atom. The normalized spacial score (nSPS) is 21.8. The van der Waals surface area contributed by atoms with Crippen LogP contribution in [-0.4, -0.2) is 35.6 Å². The van der Waals surface area contributed by atoms with Crippen molar-refractivity contribution in [3.63, 3.8) is 0 Å². The molecule has 0 bridgehead atoms. The first kappa shape index (κ1) is 10.4. The molecule has 2 rings (SSSR count). The summed E-state index contributed by atoms with van der Waals surface area (Å²) in [5.41, 5.74) is 0. The summed E-state index contributed by atoms with van der Waals surface area (Å²) >= 11 is 0. The molecule has 1 fully saturated rings. The lowest BCUT2D eigenvalue weighted by Crippen LogP contribution is -2.34. The molecule has 0 radical (unpaired) electrons. The third kappa shape index (κ3) is 2.69. The number of hydrogen-bond acceptors (Lipinski definition) is 3. The summed E-state index contributed by atoms with van der Waals surface area (Å²) in [7, 11) is 0. The monoisotopic (exact) mass is 205 g/mol. The predicted octanol–water partition coefficient (Wildman–Crippen LogP) is 1.98. The molecule has 1 aliphatic heterocycles. The number of aromatic nitrogens is 1. The van der Waals surface area contributed by atoms with Crippen molar-refractivity contribution in [1.29, 1.82) is 0 Å². The largest absolute Gasteiger partial charge is 0.369 e. The van der Waals surface area contributed by atoms with Crippen LogP contribution >= 0.6 is 0 Å². The molecule has 1 N–H and O–H groups in total. The maximum absolute atomic E-state index is 4.26. The summed E-state index contributed by atoms with van der Waals surface area (Å²) in [6.45, 7) is 5.67. The predicted molar refractivity (Wildman–Crippen MR) is 63.0 cm³/mol. The first-order chi connectivity index (χ1) is 7.40. The minimum atomic E-state index is 0.692. The van der Waals surface area contributed by atoms with Gasteiger partial charge in [0.1, 0.15) is 5.82 Å². The van der Waals surface area contributed by atoms with Gasteiger partial charge < -0.3 is 5.32 Å². The average Bonchev–Trinajstić information content (AvgIpc) is 2.75. The van der Waals surface area contributed by atoms with Crippen LogP contribution in [0.4, 0.5) is 5.82 Å². The van der Waals surface area contributed by atoms with Crippen molar-refractivity contribution < 1.29 is 0 Å². The van der Waals surface area contributed by atoms with Gasteiger partial charge in [-0.25, -0.2) is 4.98 Å². The van der Waals surface area contributed by atoms with Crippen LogP contribution in [0.2, 0.25) is 0 Å². The number of nitrogens with one attached hydrogen (secondary N) is 1. The number of pyridine rings is 1. The second kappa shape index (κ2) is 5.12. The van der Waals surface area contributed by atoms with Crippen LogP contribution < -0.4 is 5.32 Å². The van der Waals surface area contributed by atoms with Gasteiger partial charge in [-0.15, -0.1) is 0 Å². The smallest absolute Gasteiger partial charge is 0.125 e. The molecule has 0 aliphatic carbocycles. The minimum absolute atomic E-state index is 0.692. The topological polar surface area (TPSA) is 28.2 Å². The molecule has 1 aromatic heterocycles. The number of likely N-dealkylation sites (N-methyl/N-ethyl adjacent to an activating group) is 1. The van der Waals surface area contributed by atoms with E-state index in [9.17, 15) is 0 Å². The molecule has 0 aromatic carbocycles. The standard InChI is InChI=1S/C12H19N3/c1-2-15-9-5-6-11(15)10-14-12-7-3-4-8-13-12/h3-4,7-8,11H,2,5-6,9-10H2,1H3,(H,13,14). The van der Waals surface area contributed by atoms with E-state index in [1.54, 1.807) is 0 Å². The summed E-state index contributed by atoms with van der Waals surface area (Å²) in [5, 5.41) is 3.40. The van der Waals surface area contributed by atoms with Crippen molar-refractivity contribution in [1.82, 2.24) is 9.88 Å². The van der Waals surface area contributed by atoms with Crippen LogP contribution in [0.15, 0.2) is 24.4 Å². The van der Waals surface area contributed by atoms with Gasteiger partial charge in [-0.2, -0.15) is 0 Å². The molecule has 1 saturated heterocycles. The summed E-state index contributed by atoms with van der Waals surface area (Å²) in [6.07, 6.45) is 4.48. The maximum atomic E-state index is 4.26. The van der Waals surface area contributed by atoms with Crippen molar-refractivity contribution in [2.24, 2.45) is 0 Å². The van der Waals surface area contributed by atoms with Crippen LogP contribution in [0.5, 0.6) is 0 Å². The molecule has 15 heavy (non-hydrogen) atoms. The summed E-state index contributed by atoms with van der Waals surface area (Å²) < 4.78 is 0. The van der Waals surface area contributed by atoms with Gasteiger partial charge in [0.2, 0.25) is 0 Å². The zero-order valence-corrected chi connectivity index (χ0v) is 9.32. The van der Waals surface area contributed by atoms with Crippen molar-refractivity contribution in [2.75, 3.05) is 25.0 Å². The van der Waals surface area contributed by atoms with E-state index >= 15 is 0 Å². The molecule has 1 aliphatic rings. The molecule has 0 amide bonds. The zero-order valence-electron chi connectivity index (χ0n) is 9.32. The second-order valence-electron chi connectivity index (χ2n) is 4.02. The molecule has 0 saturated carbocycles. The summed E-state index contributed by atoms with van der Waals surface area (Å²) in [6, 6.07) is 6.67. The van der Waals surface area contributed by atoms with E-state index < -0.39 is 0 Å². The van der Waals surface area contributed by atoms with Crippen LogP contribution in [0.3, 0.4) is 0 Å². The Morgan fingerprint density at radius 1 is 1.53 bits per heavy atom. The van der Waals surface area contributed by atoms with Crippen LogP contribution in [-0.2, 0) is 0 Å². The highest BCUT2D eigenvalue weighted by Crippen LogP contribution is 2.16. The van der Waals surface area contributed by atoms with Gasteiger partial charge in [0.15, 0.2) is 0 Å². The fourth-order valence-electron chi connectivity index (χ4n) is 2.23. The number of nitrogens with zero attached hydrogens (tertiary/aromatic N) is 2. The number of hydrogen-bond donors (Lipinski definition) is 1. The first-order valence-corrected chi connectivity index (χ1v) is 5.79. The van der Waals surface area contributed by atoms with Gasteiger partial charge in [-0.3, -0.25) is 4.90 Å². The van der Waals surface area contributed by atoms with Gasteiger partial charge in [0.25, 0.3) is 0 Å². The molecule has 82 valence electrons. The molecule has 1 unspecified atom stereocenters. The summed E-state index contributed by atoms with van der Waals surface area (Å²) in [5.74, 6) is 0.987. The average molecular weight is 205 g/mol. The van der Waals surface area contributed by atoms with Gasteiger partial charge in [0, 0.05) is 18.8 Å². The minimum Gasteiger partial charge on any atom is -0.369 e. The lowest BCUT2D eigenvalue weighted by Gasteiger charge is -2.23. The maximum Gasteiger partial charge on any atom is 0.125 e. The van der Waals surface area contributed by atoms with Crippen LogP contribution in [0.1, 0.15) is 19.8 Å². The number of likely N-dealkylation sites (tertiary alicyclic amines) is 1. The van der Waals surface area contributed by atoms with E-state index in [-0.39, 0.29) is 0 Å². The Hall–Kier alpha value is -1.09. The molecular formula is C12H19N3. The van der Waals surface area contributed by atoms with E-state index in [0.717, 1.165) is 18.9 Å². The van der Waals surface area contributed by atoms with Crippen molar-refractivity contribution in [3.8, 4) is 0 Å². The number of rotatable bonds is 4. The molecule has 1 atom stereocenters. The van der Waals surface area contributed by atoms with Crippen molar-refractivity contribution in [3.05, 3.63) is 24.4 Å². The van der Waals surface area contributed by atoms with Gasteiger partial charge in [-0.1, -0.05) is 13.0 Å². The lowest BCUT2D eigenvalue weighted by atomic mass is 10.2. The third-order valence-corrected chi connectivity index (χ3v) is 3.09. The van der Waals surface area contributed by atoms with E-state index in [1.165, 1.54) is 19.4 Å². The van der Waals surface area contributed by atoms with Crippen LogP contribution in [0, 0.1) is 0 Å². The van der Waals surface area contributed by atoms with Crippen LogP contribution in [0.25, 0.3) is 0 Å². The Labute approximate surface area is 91.5 Å². The SMILES string of the molecule is CCN1CCCC1CNc1ccccn1. The Bertz CT molecular complexity index is 286. The molecule has 0 spiro atoms. The Kier molecular flexibility index (Phi) is 3.56. The van der Waals surface area contributed by atoms with E-state index in [2.05, 4.69) is 22.1 Å². The Morgan fingerprint density at radius 3 is 3.20 bits per heavy atom. The summed E-state index contributed by atoms with van der Waals surface area (Å²) in [4.78, 5) is 6.80. The molecule has 2 heterocycles. The highest BCUT2D eigenvalue weighted by molar-refractivity contribution is 5.33. The molecule has 1 aromatic rings. The second-order valence-corrected chi connectivity index (χ2v) is 4.02. The molecule has 3 nitrogen and oxygen atoms in total. The zero-order chi connectivity index (χ0) is 10.5. The quantitative estimate of drug-likeness (QED) is 0.814. The van der Waals surface area contributed by atoms with Gasteiger partial charge >= 0.3 is 0 Å². The lowest BCUT2D eigenvalue weighted by molar-refractivity contribution is 0.277. The van der Waals surface area contributed by atoms with Gasteiger partial charge in [0.05, 0.1) is 0 Å². The first-order valence-electron chi connectivity index (χ1n) is 5.79. The van der Waals surface area contributed by atoms with Crippen molar-refractivity contribution >= 4 is 5.82 Å². The third-order valence-electron chi connectivity index (χ3n) is 3.09. The van der Waals surface area contributed by atoms with Crippen molar-refractivity contribution in [2.45, 2.75) is 25.8 Å². The highest BCUT2D eigenvalue weighted by atomic mass is 15.2. The van der Waals surface area contributed by atoms with E-state index in [4.69, 9.17) is 0 Å². The fraction of sp³-hybridized carbons (Fsp3) is 0.583. The number of anilines is 1. The van der Waals surface area contributed by atoms with E-state index in [1.807, 2.05) is 24.4 Å². The van der Waals surface area contributed by atoms with Gasteiger partial charge in [-0.05, 0) is 38.1 Å². The molecule has 3 heteroatoms. The molecular weight excluding hydrogens is 186 g/mol. The Balaban J connectivity index is 1.83. The fourth-order valence-corrected chi connectivity index (χ4v) is 2.23. The van der Waals surface area contributed by atoms with E-state index in [0.29, 0.717) is 6.04 Å². The highest BCUT2D eigenvalue weighted by Gasteiger charge is 2.22.